The van der Waals surface area contributed by atoms with Crippen LogP contribution in [0.15, 0.2) is 54.6 Å². The van der Waals surface area contributed by atoms with Gasteiger partial charge in [-0.25, -0.2) is 4.39 Å². The lowest BCUT2D eigenvalue weighted by Gasteiger charge is -2.00. The Morgan fingerprint density at radius 1 is 1.11 bits per heavy atom. The van der Waals surface area contributed by atoms with Crippen molar-refractivity contribution in [2.24, 2.45) is 0 Å². The fraction of sp³-hybridized carbons (Fsp3) is 0.0625. The van der Waals surface area contributed by atoms with Crippen LogP contribution in [0.5, 0.6) is 0 Å². The van der Waals surface area contributed by atoms with Crippen molar-refractivity contribution in [3.05, 3.63) is 77.1 Å². The first kappa shape index (κ1) is 12.2. The Kier molecular flexibility index (Phi) is 3.68. The van der Waals surface area contributed by atoms with E-state index in [1.165, 1.54) is 12.1 Å². The molecule has 0 amide bonds. The van der Waals surface area contributed by atoms with Crippen LogP contribution in [0, 0.1) is 12.7 Å². The smallest absolute Gasteiger partial charge is 0.188 e. The number of hydrogen-bond donors (Lipinski definition) is 0. The Hall–Kier alpha value is -2.22. The zero-order chi connectivity index (χ0) is 13.0. The van der Waals surface area contributed by atoms with Crippen LogP contribution in [-0.2, 0) is 0 Å². The number of halogens is 1. The van der Waals surface area contributed by atoms with E-state index in [0.717, 1.165) is 11.1 Å². The summed E-state index contributed by atoms with van der Waals surface area (Å²) < 4.78 is 13.5. The Balaban J connectivity index is 2.22. The minimum atomic E-state index is -0.483. The van der Waals surface area contributed by atoms with E-state index in [9.17, 15) is 9.18 Å². The molecule has 0 bridgehead atoms. The number of hydrogen-bond acceptors (Lipinski definition) is 1. The van der Waals surface area contributed by atoms with E-state index in [-0.39, 0.29) is 11.3 Å². The summed E-state index contributed by atoms with van der Waals surface area (Å²) in [7, 11) is 0. The molecule has 0 aliphatic carbocycles. The van der Waals surface area contributed by atoms with Crippen LogP contribution < -0.4 is 0 Å². The van der Waals surface area contributed by atoms with Crippen molar-refractivity contribution in [2.75, 3.05) is 0 Å². The Bertz CT molecular complexity index is 585. The summed E-state index contributed by atoms with van der Waals surface area (Å²) in [5.74, 6) is -0.802. The minimum absolute atomic E-state index is 0.113. The lowest BCUT2D eigenvalue weighted by molar-refractivity contribution is 0.104. The van der Waals surface area contributed by atoms with Gasteiger partial charge in [0.2, 0.25) is 0 Å². The fourth-order valence-electron chi connectivity index (χ4n) is 1.65. The summed E-state index contributed by atoms with van der Waals surface area (Å²) in [5.41, 5.74) is 1.90. The molecule has 0 unspecified atom stereocenters. The maximum Gasteiger partial charge on any atom is 0.188 e. The summed E-state index contributed by atoms with van der Waals surface area (Å²) in [4.78, 5) is 11.9. The zero-order valence-electron chi connectivity index (χ0n) is 10.1. The summed E-state index contributed by atoms with van der Waals surface area (Å²) >= 11 is 0. The first-order chi connectivity index (χ1) is 8.66. The van der Waals surface area contributed by atoms with E-state index in [1.54, 1.807) is 18.2 Å². The van der Waals surface area contributed by atoms with E-state index in [2.05, 4.69) is 0 Å². The zero-order valence-corrected chi connectivity index (χ0v) is 10.1. The first-order valence-electron chi connectivity index (χ1n) is 5.70. The van der Waals surface area contributed by atoms with E-state index in [0.29, 0.717) is 0 Å². The van der Waals surface area contributed by atoms with Gasteiger partial charge >= 0.3 is 0 Å². The van der Waals surface area contributed by atoms with Crippen molar-refractivity contribution in [3.63, 3.8) is 0 Å². The number of allylic oxidation sites excluding steroid dienone is 1. The Morgan fingerprint density at radius 3 is 2.56 bits per heavy atom. The topological polar surface area (TPSA) is 17.1 Å². The molecule has 0 N–H and O–H groups in total. The third-order valence-electron chi connectivity index (χ3n) is 2.61. The molecular formula is C16H13FO. The molecule has 0 fully saturated rings. The highest BCUT2D eigenvalue weighted by atomic mass is 19.1. The van der Waals surface area contributed by atoms with E-state index in [1.807, 2.05) is 37.3 Å². The summed E-state index contributed by atoms with van der Waals surface area (Å²) in [6.07, 6.45) is 3.08. The van der Waals surface area contributed by atoms with Crippen molar-refractivity contribution in [3.8, 4) is 0 Å². The number of ketones is 1. The van der Waals surface area contributed by atoms with Crippen molar-refractivity contribution >= 4 is 11.9 Å². The van der Waals surface area contributed by atoms with Crippen LogP contribution in [0.4, 0.5) is 4.39 Å². The Labute approximate surface area is 106 Å². The Morgan fingerprint density at radius 2 is 1.83 bits per heavy atom. The highest BCUT2D eigenvalue weighted by Gasteiger charge is 2.08. The molecule has 2 heteroatoms. The molecule has 0 atom stereocenters. The van der Waals surface area contributed by atoms with Crippen molar-refractivity contribution in [1.29, 1.82) is 0 Å². The first-order valence-corrected chi connectivity index (χ1v) is 5.70. The monoisotopic (exact) mass is 240 g/mol. The molecule has 0 spiro atoms. The molecule has 18 heavy (non-hydrogen) atoms. The lowest BCUT2D eigenvalue weighted by atomic mass is 10.1. The second-order valence-electron chi connectivity index (χ2n) is 4.09. The van der Waals surface area contributed by atoms with E-state index in [4.69, 9.17) is 0 Å². The number of carbonyl (C=O) groups is 1. The van der Waals surface area contributed by atoms with Gasteiger partial charge in [0, 0.05) is 0 Å². The van der Waals surface area contributed by atoms with Gasteiger partial charge in [0.1, 0.15) is 5.82 Å². The van der Waals surface area contributed by atoms with Gasteiger partial charge in [-0.1, -0.05) is 48.0 Å². The van der Waals surface area contributed by atoms with Gasteiger partial charge in [0.25, 0.3) is 0 Å². The molecule has 2 rings (SSSR count). The summed E-state index contributed by atoms with van der Waals surface area (Å²) in [5, 5.41) is 0. The van der Waals surface area contributed by atoms with Crippen LogP contribution in [-0.4, -0.2) is 5.78 Å². The van der Waals surface area contributed by atoms with Crippen LogP contribution in [0.1, 0.15) is 21.5 Å². The maximum absolute atomic E-state index is 13.5. The number of benzene rings is 2. The second kappa shape index (κ2) is 5.41. The van der Waals surface area contributed by atoms with Gasteiger partial charge in [-0.2, -0.15) is 0 Å². The van der Waals surface area contributed by atoms with Crippen LogP contribution >= 0.6 is 0 Å². The van der Waals surface area contributed by atoms with E-state index >= 15 is 0 Å². The van der Waals surface area contributed by atoms with Gasteiger partial charge in [-0.15, -0.1) is 0 Å². The molecule has 0 aromatic heterocycles. The highest BCUT2D eigenvalue weighted by Crippen LogP contribution is 2.12. The second-order valence-corrected chi connectivity index (χ2v) is 4.09. The quantitative estimate of drug-likeness (QED) is 0.584. The predicted octanol–water partition coefficient (Wildman–Crippen LogP) is 4.03. The van der Waals surface area contributed by atoms with Gasteiger partial charge in [0.15, 0.2) is 5.78 Å². The molecule has 0 aliphatic rings. The van der Waals surface area contributed by atoms with Gasteiger partial charge in [-0.3, -0.25) is 4.79 Å². The predicted molar refractivity (Wildman–Crippen MR) is 70.9 cm³/mol. The van der Waals surface area contributed by atoms with Gasteiger partial charge < -0.3 is 0 Å². The molecule has 0 saturated heterocycles. The lowest BCUT2D eigenvalue weighted by Crippen LogP contribution is -1.99. The largest absolute Gasteiger partial charge is 0.289 e. The average Bonchev–Trinajstić information content (AvgIpc) is 2.40. The highest BCUT2D eigenvalue weighted by molar-refractivity contribution is 6.07. The third-order valence-corrected chi connectivity index (χ3v) is 2.61. The molecule has 0 radical (unpaired) electrons. The molecule has 2 aromatic carbocycles. The molecule has 90 valence electrons. The summed E-state index contributed by atoms with van der Waals surface area (Å²) in [6, 6.07) is 14.0. The van der Waals surface area contributed by atoms with E-state index < -0.39 is 5.82 Å². The number of carbonyl (C=O) groups excluding carboxylic acids is 1. The van der Waals surface area contributed by atoms with Crippen molar-refractivity contribution in [1.82, 2.24) is 0 Å². The molecule has 1 nitrogen and oxygen atoms in total. The number of rotatable bonds is 3. The van der Waals surface area contributed by atoms with Crippen molar-refractivity contribution in [2.45, 2.75) is 6.92 Å². The van der Waals surface area contributed by atoms with Gasteiger partial charge in [0.05, 0.1) is 5.56 Å². The standard InChI is InChI=1S/C16H13FO/c1-12-7-9-15(17)14(11-12)16(18)10-8-13-5-3-2-4-6-13/h2-11H,1H3/b10-8+. The third kappa shape index (κ3) is 2.92. The molecule has 0 saturated carbocycles. The van der Waals surface area contributed by atoms with Crippen LogP contribution in [0.3, 0.4) is 0 Å². The van der Waals surface area contributed by atoms with Crippen molar-refractivity contribution < 1.29 is 9.18 Å². The summed E-state index contributed by atoms with van der Waals surface area (Å²) in [6.45, 7) is 1.83. The average molecular weight is 240 g/mol. The molecule has 0 aliphatic heterocycles. The normalized spacial score (nSPS) is 10.8. The fourth-order valence-corrected chi connectivity index (χ4v) is 1.65. The molecule has 2 aromatic rings. The molecule has 0 heterocycles. The van der Waals surface area contributed by atoms with Crippen LogP contribution in [0.25, 0.3) is 6.08 Å². The maximum atomic E-state index is 13.5. The molecular weight excluding hydrogens is 227 g/mol. The van der Waals surface area contributed by atoms with Gasteiger partial charge in [-0.05, 0) is 30.7 Å². The number of aryl methyl sites for hydroxylation is 1. The SMILES string of the molecule is Cc1ccc(F)c(C(=O)/C=C/c2ccccc2)c1. The van der Waals surface area contributed by atoms with Crippen LogP contribution in [0.2, 0.25) is 0 Å². The minimum Gasteiger partial charge on any atom is -0.289 e.